The normalized spacial score (nSPS) is 13.9. The van der Waals surface area contributed by atoms with E-state index in [2.05, 4.69) is 25.8 Å². The first-order valence-electron chi connectivity index (χ1n) is 4.05. The van der Waals surface area contributed by atoms with Crippen LogP contribution in [-0.4, -0.2) is 12.0 Å². The molecule has 0 aromatic rings. The van der Waals surface area contributed by atoms with Crippen LogP contribution >= 0.6 is 0 Å². The van der Waals surface area contributed by atoms with E-state index in [1.54, 1.807) is 0 Å². The number of allylic oxidation sites excluding steroid dienone is 2. The number of ketones is 1. The Hall–Kier alpha value is -0.920. The van der Waals surface area contributed by atoms with Crippen molar-refractivity contribution in [3.05, 3.63) is 11.8 Å². The molecule has 0 radical (unpaired) electrons. The van der Waals surface area contributed by atoms with Crippen LogP contribution in [0.3, 0.4) is 0 Å². The lowest BCUT2D eigenvalue weighted by atomic mass is 9.99. The second-order valence-electron chi connectivity index (χ2n) is 4.02. The minimum absolute atomic E-state index is 0.0403. The molecule has 0 saturated carbocycles. The number of nitrogens with zero attached hydrogens (tertiary/aromatic N) is 1. The van der Waals surface area contributed by atoms with Gasteiger partial charge in [0.1, 0.15) is 0 Å². The summed E-state index contributed by atoms with van der Waals surface area (Å²) in [5.74, 6) is 0.0403. The largest absolute Gasteiger partial charge is 0.295 e. The zero-order valence-corrected chi connectivity index (χ0v) is 8.51. The second-order valence-corrected chi connectivity index (χ2v) is 4.02. The number of carbonyl (C=O) groups excluding carboxylic acids is 1. The van der Waals surface area contributed by atoms with Gasteiger partial charge in [-0.3, -0.25) is 9.79 Å². The first-order valence-corrected chi connectivity index (χ1v) is 4.05. The van der Waals surface area contributed by atoms with Crippen molar-refractivity contribution in [1.29, 1.82) is 0 Å². The Morgan fingerprint density at radius 2 is 1.75 bits per heavy atom. The standard InChI is InChI=1S/C10H17NO/c1-8(6-9(2)12)11-7-10(3,4)5/h6-7H,1-5H3. The van der Waals surface area contributed by atoms with Crippen LogP contribution in [0, 0.1) is 5.41 Å². The lowest BCUT2D eigenvalue weighted by Crippen LogP contribution is -2.05. The molecule has 0 fully saturated rings. The predicted octanol–water partition coefficient (Wildman–Crippen LogP) is 2.60. The highest BCUT2D eigenvalue weighted by Gasteiger charge is 2.04. The molecule has 0 aliphatic heterocycles. The highest BCUT2D eigenvalue weighted by Crippen LogP contribution is 2.09. The molecular formula is C10H17NO. The monoisotopic (exact) mass is 167 g/mol. The Balaban J connectivity index is 4.27. The minimum Gasteiger partial charge on any atom is -0.295 e. The van der Waals surface area contributed by atoms with Gasteiger partial charge in [0, 0.05) is 18.0 Å². The van der Waals surface area contributed by atoms with Crippen molar-refractivity contribution in [2.45, 2.75) is 34.6 Å². The fraction of sp³-hybridized carbons (Fsp3) is 0.600. The molecule has 0 aromatic heterocycles. The second kappa shape index (κ2) is 4.19. The molecule has 0 atom stereocenters. The van der Waals surface area contributed by atoms with Crippen molar-refractivity contribution in [1.82, 2.24) is 0 Å². The molecule has 0 aliphatic carbocycles. The van der Waals surface area contributed by atoms with Crippen LogP contribution < -0.4 is 0 Å². The summed E-state index contributed by atoms with van der Waals surface area (Å²) in [4.78, 5) is 14.8. The van der Waals surface area contributed by atoms with E-state index in [1.807, 2.05) is 13.1 Å². The van der Waals surface area contributed by atoms with Crippen LogP contribution in [0.15, 0.2) is 16.8 Å². The first kappa shape index (κ1) is 11.1. The SMILES string of the molecule is CC(=O)C=C(C)N=CC(C)(C)C. The molecule has 2 nitrogen and oxygen atoms in total. The van der Waals surface area contributed by atoms with Crippen LogP contribution in [0.5, 0.6) is 0 Å². The maximum absolute atomic E-state index is 10.6. The maximum Gasteiger partial charge on any atom is 0.154 e. The van der Waals surface area contributed by atoms with Gasteiger partial charge in [0.2, 0.25) is 0 Å². The molecule has 0 saturated heterocycles. The third-order valence-electron chi connectivity index (χ3n) is 1.07. The Labute approximate surface area is 74.4 Å². The van der Waals surface area contributed by atoms with Crippen molar-refractivity contribution >= 4 is 12.0 Å². The molecule has 0 amide bonds. The third kappa shape index (κ3) is 7.19. The van der Waals surface area contributed by atoms with Crippen molar-refractivity contribution in [2.24, 2.45) is 10.4 Å². The van der Waals surface area contributed by atoms with Gasteiger partial charge >= 0.3 is 0 Å². The molecule has 0 spiro atoms. The van der Waals surface area contributed by atoms with Gasteiger partial charge in [-0.1, -0.05) is 20.8 Å². The Kier molecular flexibility index (Phi) is 3.87. The quantitative estimate of drug-likeness (QED) is 0.459. The summed E-state index contributed by atoms with van der Waals surface area (Å²) < 4.78 is 0. The van der Waals surface area contributed by atoms with Crippen LogP contribution in [0.2, 0.25) is 0 Å². The summed E-state index contributed by atoms with van der Waals surface area (Å²) in [5.41, 5.74) is 0.837. The van der Waals surface area contributed by atoms with Gasteiger partial charge in [-0.25, -0.2) is 0 Å². The molecular weight excluding hydrogens is 150 g/mol. The number of carbonyl (C=O) groups is 1. The fourth-order valence-corrected chi connectivity index (χ4v) is 0.627. The Morgan fingerprint density at radius 1 is 1.25 bits per heavy atom. The summed E-state index contributed by atoms with van der Waals surface area (Å²) in [7, 11) is 0. The van der Waals surface area contributed by atoms with Gasteiger partial charge in [-0.05, 0) is 19.3 Å². The highest BCUT2D eigenvalue weighted by atomic mass is 16.1. The van der Waals surface area contributed by atoms with Crippen LogP contribution in [0.1, 0.15) is 34.6 Å². The molecule has 0 rings (SSSR count). The van der Waals surface area contributed by atoms with Crippen LogP contribution in [-0.2, 0) is 4.79 Å². The van der Waals surface area contributed by atoms with Gasteiger partial charge in [0.25, 0.3) is 0 Å². The zero-order valence-electron chi connectivity index (χ0n) is 8.51. The van der Waals surface area contributed by atoms with Crippen molar-refractivity contribution in [3.63, 3.8) is 0 Å². The molecule has 12 heavy (non-hydrogen) atoms. The van der Waals surface area contributed by atoms with Crippen LogP contribution in [0.25, 0.3) is 0 Å². The van der Waals surface area contributed by atoms with Gasteiger partial charge in [0.05, 0.1) is 0 Å². The van der Waals surface area contributed by atoms with E-state index < -0.39 is 0 Å². The van der Waals surface area contributed by atoms with Crippen molar-refractivity contribution in [2.75, 3.05) is 0 Å². The molecule has 0 aromatic carbocycles. The van der Waals surface area contributed by atoms with Gasteiger partial charge in [0.15, 0.2) is 5.78 Å². The van der Waals surface area contributed by atoms with E-state index in [4.69, 9.17) is 0 Å². The molecule has 0 heterocycles. The van der Waals surface area contributed by atoms with Gasteiger partial charge < -0.3 is 0 Å². The average molecular weight is 167 g/mol. The lowest BCUT2D eigenvalue weighted by molar-refractivity contribution is -0.112. The smallest absolute Gasteiger partial charge is 0.154 e. The molecule has 0 aliphatic rings. The van der Waals surface area contributed by atoms with E-state index in [-0.39, 0.29) is 11.2 Å². The molecule has 0 N–H and O–H groups in total. The summed E-state index contributed by atoms with van der Waals surface area (Å²) in [6, 6.07) is 0. The lowest BCUT2D eigenvalue weighted by Gasteiger charge is -2.09. The van der Waals surface area contributed by atoms with E-state index in [0.717, 1.165) is 5.70 Å². The highest BCUT2D eigenvalue weighted by molar-refractivity contribution is 5.88. The first-order chi connectivity index (χ1) is 5.31. The van der Waals surface area contributed by atoms with Crippen LogP contribution in [0.4, 0.5) is 0 Å². The molecule has 68 valence electrons. The van der Waals surface area contributed by atoms with Gasteiger partial charge in [-0.2, -0.15) is 0 Å². The fourth-order valence-electron chi connectivity index (χ4n) is 0.627. The molecule has 0 unspecified atom stereocenters. The topological polar surface area (TPSA) is 29.4 Å². The summed E-state index contributed by atoms with van der Waals surface area (Å²) in [6.45, 7) is 9.55. The van der Waals surface area contributed by atoms with Crippen molar-refractivity contribution in [3.8, 4) is 0 Å². The number of aliphatic imine (C=N–C) groups is 1. The van der Waals surface area contributed by atoms with E-state index >= 15 is 0 Å². The molecule has 0 bridgehead atoms. The van der Waals surface area contributed by atoms with E-state index in [1.165, 1.54) is 13.0 Å². The number of rotatable bonds is 2. The van der Waals surface area contributed by atoms with Crippen molar-refractivity contribution < 1.29 is 4.79 Å². The Bertz CT molecular complexity index is 218. The summed E-state index contributed by atoms with van der Waals surface area (Å²) >= 11 is 0. The maximum atomic E-state index is 10.6. The zero-order chi connectivity index (χ0) is 9.78. The average Bonchev–Trinajstić information content (AvgIpc) is 1.80. The van der Waals surface area contributed by atoms with E-state index in [9.17, 15) is 4.79 Å². The molecule has 2 heteroatoms. The Morgan fingerprint density at radius 3 is 2.08 bits per heavy atom. The minimum atomic E-state index is 0.0403. The predicted molar refractivity (Wildman–Crippen MR) is 52.4 cm³/mol. The number of hydrogen-bond donors (Lipinski definition) is 0. The summed E-state index contributed by atoms with van der Waals surface area (Å²) in [5, 5.41) is 0. The number of hydrogen-bond acceptors (Lipinski definition) is 2. The van der Waals surface area contributed by atoms with Gasteiger partial charge in [-0.15, -0.1) is 0 Å². The van der Waals surface area contributed by atoms with E-state index in [0.29, 0.717) is 0 Å². The summed E-state index contributed by atoms with van der Waals surface area (Å²) in [6.07, 6.45) is 3.38. The third-order valence-corrected chi connectivity index (χ3v) is 1.07.